The second-order valence-electron chi connectivity index (χ2n) is 8.32. The van der Waals surface area contributed by atoms with Gasteiger partial charge in [-0.25, -0.2) is 0 Å². The lowest BCUT2D eigenvalue weighted by Gasteiger charge is -2.29. The number of rotatable bonds is 8. The Morgan fingerprint density at radius 1 is 1.13 bits per heavy atom. The van der Waals surface area contributed by atoms with Crippen LogP contribution in [-0.4, -0.2) is 41.7 Å². The summed E-state index contributed by atoms with van der Waals surface area (Å²) in [4.78, 5) is 27.3. The molecular formula is C24H31N5O2. The van der Waals surface area contributed by atoms with Gasteiger partial charge in [0.2, 0.25) is 11.8 Å². The minimum absolute atomic E-state index is 0.0176. The lowest BCUT2D eigenvalue weighted by molar-refractivity contribution is -0.134. The van der Waals surface area contributed by atoms with Crippen molar-refractivity contribution in [1.82, 2.24) is 10.2 Å². The molecule has 1 aliphatic heterocycles. The summed E-state index contributed by atoms with van der Waals surface area (Å²) in [5, 5.41) is 13.5. The Bertz CT molecular complexity index is 956. The minimum Gasteiger partial charge on any atom is -0.387 e. The van der Waals surface area contributed by atoms with Crippen molar-refractivity contribution in [3.63, 3.8) is 0 Å². The van der Waals surface area contributed by atoms with Gasteiger partial charge in [-0.2, -0.15) is 0 Å². The van der Waals surface area contributed by atoms with Crippen LogP contribution in [0.2, 0.25) is 0 Å². The highest BCUT2D eigenvalue weighted by Gasteiger charge is 2.25. The SMILES string of the molecule is CC(C)C(Nc1cccc(CC(=N)N)c1)C(=O)NCC(=O)N1CCc2ccccc2C1. The van der Waals surface area contributed by atoms with Crippen molar-refractivity contribution in [3.8, 4) is 0 Å². The fourth-order valence-corrected chi connectivity index (χ4v) is 3.80. The van der Waals surface area contributed by atoms with Crippen molar-refractivity contribution in [1.29, 1.82) is 5.41 Å². The molecule has 1 heterocycles. The zero-order chi connectivity index (χ0) is 22.4. The monoisotopic (exact) mass is 421 g/mol. The van der Waals surface area contributed by atoms with E-state index in [9.17, 15) is 9.59 Å². The molecule has 164 valence electrons. The molecule has 0 saturated heterocycles. The molecule has 1 aliphatic rings. The number of hydrogen-bond donors (Lipinski definition) is 4. The first-order chi connectivity index (χ1) is 14.8. The highest BCUT2D eigenvalue weighted by atomic mass is 16.2. The van der Waals surface area contributed by atoms with Crippen LogP contribution in [-0.2, 0) is 29.0 Å². The van der Waals surface area contributed by atoms with Gasteiger partial charge in [-0.05, 0) is 41.2 Å². The molecule has 31 heavy (non-hydrogen) atoms. The van der Waals surface area contributed by atoms with E-state index in [4.69, 9.17) is 11.1 Å². The molecule has 1 atom stereocenters. The molecule has 7 nitrogen and oxygen atoms in total. The molecule has 2 aromatic carbocycles. The Morgan fingerprint density at radius 3 is 2.58 bits per heavy atom. The quantitative estimate of drug-likeness (QED) is 0.387. The second-order valence-corrected chi connectivity index (χ2v) is 8.32. The van der Waals surface area contributed by atoms with Crippen LogP contribution in [0.1, 0.15) is 30.5 Å². The Morgan fingerprint density at radius 2 is 1.87 bits per heavy atom. The summed E-state index contributed by atoms with van der Waals surface area (Å²) in [5.41, 5.74) is 9.63. The normalized spacial score (nSPS) is 14.0. The van der Waals surface area contributed by atoms with Gasteiger partial charge in [0.05, 0.1) is 12.4 Å². The second kappa shape index (κ2) is 10.1. The number of fused-ring (bicyclic) bond motifs is 1. The van der Waals surface area contributed by atoms with Gasteiger partial charge in [0.1, 0.15) is 6.04 Å². The van der Waals surface area contributed by atoms with Crippen LogP contribution in [0.5, 0.6) is 0 Å². The molecule has 0 spiro atoms. The largest absolute Gasteiger partial charge is 0.387 e. The zero-order valence-corrected chi connectivity index (χ0v) is 18.2. The highest BCUT2D eigenvalue weighted by Crippen LogP contribution is 2.19. The molecule has 5 N–H and O–H groups in total. The van der Waals surface area contributed by atoms with Crippen molar-refractivity contribution < 1.29 is 9.59 Å². The zero-order valence-electron chi connectivity index (χ0n) is 18.2. The third-order valence-corrected chi connectivity index (χ3v) is 5.49. The van der Waals surface area contributed by atoms with Crippen LogP contribution >= 0.6 is 0 Å². The Hall–Kier alpha value is -3.35. The van der Waals surface area contributed by atoms with Crippen LogP contribution in [0.15, 0.2) is 48.5 Å². The molecule has 3 rings (SSSR count). The first kappa shape index (κ1) is 22.3. The number of anilines is 1. The van der Waals surface area contributed by atoms with E-state index in [1.165, 1.54) is 11.1 Å². The molecule has 0 saturated carbocycles. The van der Waals surface area contributed by atoms with Crippen LogP contribution in [0.25, 0.3) is 0 Å². The average Bonchev–Trinajstić information content (AvgIpc) is 2.74. The van der Waals surface area contributed by atoms with Crippen LogP contribution in [0.4, 0.5) is 5.69 Å². The molecule has 7 heteroatoms. The van der Waals surface area contributed by atoms with Crippen molar-refractivity contribution in [2.45, 2.75) is 39.3 Å². The maximum Gasteiger partial charge on any atom is 0.243 e. The van der Waals surface area contributed by atoms with E-state index in [0.29, 0.717) is 19.5 Å². The van der Waals surface area contributed by atoms with Gasteiger partial charge in [-0.1, -0.05) is 50.2 Å². The van der Waals surface area contributed by atoms with E-state index in [1.807, 2.05) is 56.3 Å². The Labute approximate surface area is 183 Å². The number of nitrogens with two attached hydrogens (primary N) is 1. The van der Waals surface area contributed by atoms with E-state index in [-0.39, 0.29) is 30.1 Å². The van der Waals surface area contributed by atoms with Crippen LogP contribution < -0.4 is 16.4 Å². The standard InChI is InChI=1S/C24H31N5O2/c1-16(2)23(28-20-9-5-6-17(12-20)13-21(25)26)24(31)27-14-22(30)29-11-10-18-7-3-4-8-19(18)15-29/h3-9,12,16,23,28H,10-11,13-15H2,1-2H3,(H3,25,26)(H,27,31). The molecule has 2 aromatic rings. The van der Waals surface area contributed by atoms with Gasteiger partial charge in [0, 0.05) is 25.2 Å². The van der Waals surface area contributed by atoms with Crippen molar-refractivity contribution in [2.75, 3.05) is 18.4 Å². The van der Waals surface area contributed by atoms with Crippen molar-refractivity contribution in [3.05, 3.63) is 65.2 Å². The number of carbonyl (C=O) groups is 2. The summed E-state index contributed by atoms with van der Waals surface area (Å²) in [6, 6.07) is 15.2. The number of benzene rings is 2. The molecule has 2 amide bonds. The van der Waals surface area contributed by atoms with E-state index in [0.717, 1.165) is 17.7 Å². The predicted octanol–water partition coefficient (Wildman–Crippen LogP) is 2.30. The van der Waals surface area contributed by atoms with E-state index >= 15 is 0 Å². The Kier molecular flexibility index (Phi) is 7.28. The third kappa shape index (κ3) is 6.07. The molecule has 1 unspecified atom stereocenters. The van der Waals surface area contributed by atoms with Gasteiger partial charge in [0.15, 0.2) is 0 Å². The number of amidine groups is 1. The summed E-state index contributed by atoms with van der Waals surface area (Å²) >= 11 is 0. The average molecular weight is 422 g/mol. The lowest BCUT2D eigenvalue weighted by Crippen LogP contribution is -2.48. The first-order valence-corrected chi connectivity index (χ1v) is 10.6. The molecule has 0 fully saturated rings. The summed E-state index contributed by atoms with van der Waals surface area (Å²) in [6.07, 6.45) is 1.20. The topological polar surface area (TPSA) is 111 Å². The Balaban J connectivity index is 1.57. The summed E-state index contributed by atoms with van der Waals surface area (Å²) in [6.45, 7) is 5.15. The number of amides is 2. The molecule has 0 aromatic heterocycles. The van der Waals surface area contributed by atoms with Gasteiger partial charge < -0.3 is 21.3 Å². The summed E-state index contributed by atoms with van der Waals surface area (Å²) < 4.78 is 0. The highest BCUT2D eigenvalue weighted by molar-refractivity contribution is 5.89. The molecule has 0 bridgehead atoms. The molecule has 0 radical (unpaired) electrons. The van der Waals surface area contributed by atoms with Crippen molar-refractivity contribution in [2.24, 2.45) is 11.7 Å². The van der Waals surface area contributed by atoms with Crippen molar-refractivity contribution >= 4 is 23.3 Å². The molecular weight excluding hydrogens is 390 g/mol. The van der Waals surface area contributed by atoms with Gasteiger partial charge in [-0.15, -0.1) is 0 Å². The lowest BCUT2D eigenvalue weighted by atomic mass is 10.00. The van der Waals surface area contributed by atoms with Crippen LogP contribution in [0, 0.1) is 11.3 Å². The minimum atomic E-state index is -0.484. The number of nitrogens with one attached hydrogen (secondary N) is 3. The maximum atomic E-state index is 12.8. The van der Waals surface area contributed by atoms with Gasteiger partial charge >= 0.3 is 0 Å². The summed E-state index contributed by atoms with van der Waals surface area (Å²) in [7, 11) is 0. The smallest absolute Gasteiger partial charge is 0.243 e. The van der Waals surface area contributed by atoms with E-state index in [2.05, 4.69) is 16.7 Å². The van der Waals surface area contributed by atoms with Gasteiger partial charge in [-0.3, -0.25) is 15.0 Å². The number of hydrogen-bond acceptors (Lipinski definition) is 4. The fraction of sp³-hybridized carbons (Fsp3) is 0.375. The number of nitrogens with zero attached hydrogens (tertiary/aromatic N) is 1. The predicted molar refractivity (Wildman–Crippen MR) is 123 cm³/mol. The number of carbonyl (C=O) groups excluding carboxylic acids is 2. The molecule has 0 aliphatic carbocycles. The fourth-order valence-electron chi connectivity index (χ4n) is 3.80. The van der Waals surface area contributed by atoms with E-state index in [1.54, 1.807) is 4.90 Å². The summed E-state index contributed by atoms with van der Waals surface area (Å²) in [5.74, 6) is -0.172. The van der Waals surface area contributed by atoms with Crippen LogP contribution in [0.3, 0.4) is 0 Å². The van der Waals surface area contributed by atoms with E-state index < -0.39 is 6.04 Å². The maximum absolute atomic E-state index is 12.8. The van der Waals surface area contributed by atoms with Gasteiger partial charge in [0.25, 0.3) is 0 Å². The first-order valence-electron chi connectivity index (χ1n) is 10.6. The third-order valence-electron chi connectivity index (χ3n) is 5.49.